The van der Waals surface area contributed by atoms with Crippen LogP contribution in [0.15, 0.2) is 78.9 Å². The van der Waals surface area contributed by atoms with Crippen molar-refractivity contribution in [2.45, 2.75) is 44.8 Å². The van der Waals surface area contributed by atoms with Gasteiger partial charge < -0.3 is 14.4 Å². The normalized spacial score (nSPS) is 17.2. The Labute approximate surface area is 226 Å². The van der Waals surface area contributed by atoms with Gasteiger partial charge in [0.15, 0.2) is 0 Å². The van der Waals surface area contributed by atoms with Crippen molar-refractivity contribution in [1.82, 2.24) is 14.5 Å². The van der Waals surface area contributed by atoms with E-state index in [0.717, 1.165) is 58.3 Å². The lowest BCUT2D eigenvalue weighted by atomic mass is 9.78. The van der Waals surface area contributed by atoms with Crippen LogP contribution in [0.5, 0.6) is 5.75 Å². The zero-order valence-corrected chi connectivity index (χ0v) is 21.5. The van der Waals surface area contributed by atoms with Crippen LogP contribution >= 0.6 is 0 Å². The van der Waals surface area contributed by atoms with Crippen LogP contribution in [0.2, 0.25) is 0 Å². The van der Waals surface area contributed by atoms with Crippen molar-refractivity contribution in [1.29, 1.82) is 5.26 Å². The van der Waals surface area contributed by atoms with E-state index in [9.17, 15) is 15.2 Å². The summed E-state index contributed by atoms with van der Waals surface area (Å²) in [5.41, 5.74) is 5.01. The first kappa shape index (κ1) is 24.6. The fourth-order valence-corrected chi connectivity index (χ4v) is 5.67. The van der Waals surface area contributed by atoms with Crippen molar-refractivity contribution in [3.8, 4) is 11.8 Å². The topological polar surface area (TPSA) is 101 Å². The number of aromatic nitrogens is 3. The van der Waals surface area contributed by atoms with Crippen molar-refractivity contribution in [3.63, 3.8) is 0 Å². The Morgan fingerprint density at radius 2 is 1.85 bits per heavy atom. The summed E-state index contributed by atoms with van der Waals surface area (Å²) in [5.74, 6) is 0.0616. The highest BCUT2D eigenvalue weighted by atomic mass is 16.5. The minimum Gasteiger partial charge on any atom is -0.487 e. The van der Waals surface area contributed by atoms with Gasteiger partial charge in [-0.2, -0.15) is 5.26 Å². The van der Waals surface area contributed by atoms with Crippen LogP contribution in [0, 0.1) is 17.2 Å². The third-order valence-electron chi connectivity index (χ3n) is 7.60. The Kier molecular flexibility index (Phi) is 6.68. The third kappa shape index (κ3) is 5.06. The van der Waals surface area contributed by atoms with E-state index in [1.54, 1.807) is 6.07 Å². The molecule has 2 aromatic heterocycles. The number of hydrogen-bond donors (Lipinski definition) is 1. The molecule has 1 aliphatic carbocycles. The predicted octanol–water partition coefficient (Wildman–Crippen LogP) is 6.44. The van der Waals surface area contributed by atoms with E-state index >= 15 is 0 Å². The molecule has 1 aliphatic rings. The van der Waals surface area contributed by atoms with Gasteiger partial charge in [-0.25, -0.2) is 9.97 Å². The third-order valence-corrected chi connectivity index (χ3v) is 7.60. The number of para-hydroxylation sites is 1. The SMILES string of the molecule is N#Cc1cccc(Cn2c([C@H]3CCCC[C@H]3C(=O)O)nc3cc(OCc4ccc5ccccc5n4)ccc32)c1. The quantitative estimate of drug-likeness (QED) is 0.267. The molecule has 7 nitrogen and oxygen atoms in total. The molecule has 0 saturated heterocycles. The van der Waals surface area contributed by atoms with E-state index in [1.807, 2.05) is 72.8 Å². The van der Waals surface area contributed by atoms with Gasteiger partial charge in [0, 0.05) is 23.9 Å². The standard InChI is InChI=1S/C32H28N4O3/c33-18-21-6-5-7-22(16-21)19-36-30-15-14-25(39-20-24-13-12-23-8-1-4-11-28(23)34-24)17-29(30)35-31(36)26-9-2-3-10-27(26)32(37)38/h1,4-8,11-17,26-27H,2-3,9-10,19-20H2,(H,37,38)/t26-,27+/m0/s1. The lowest BCUT2D eigenvalue weighted by Crippen LogP contribution is -2.27. The number of imidazole rings is 1. The smallest absolute Gasteiger partial charge is 0.307 e. The summed E-state index contributed by atoms with van der Waals surface area (Å²) in [6, 6.07) is 27.6. The molecule has 0 aliphatic heterocycles. The summed E-state index contributed by atoms with van der Waals surface area (Å²) in [5, 5.41) is 20.4. The van der Waals surface area contributed by atoms with Crippen LogP contribution in [-0.4, -0.2) is 25.6 Å². The monoisotopic (exact) mass is 516 g/mol. The van der Waals surface area contributed by atoms with Crippen LogP contribution in [-0.2, 0) is 17.9 Å². The number of carboxylic acids is 1. The van der Waals surface area contributed by atoms with Crippen LogP contribution in [0.1, 0.15) is 54.2 Å². The number of aliphatic carboxylic acids is 1. The molecule has 2 atom stereocenters. The Bertz CT molecular complexity index is 1720. The summed E-state index contributed by atoms with van der Waals surface area (Å²) < 4.78 is 8.23. The Balaban J connectivity index is 1.34. The second kappa shape index (κ2) is 10.6. The van der Waals surface area contributed by atoms with Gasteiger partial charge in [0.25, 0.3) is 0 Å². The maximum Gasteiger partial charge on any atom is 0.307 e. The van der Waals surface area contributed by atoms with Crippen molar-refractivity contribution in [3.05, 3.63) is 102 Å². The average Bonchev–Trinajstić information content (AvgIpc) is 3.33. The number of carbonyl (C=O) groups is 1. The lowest BCUT2D eigenvalue weighted by Gasteiger charge is -2.28. The number of benzene rings is 3. The van der Waals surface area contributed by atoms with Gasteiger partial charge in [-0.1, -0.05) is 49.2 Å². The number of rotatable bonds is 7. The molecule has 3 aromatic carbocycles. The van der Waals surface area contributed by atoms with Gasteiger partial charge in [0.2, 0.25) is 0 Å². The zero-order valence-electron chi connectivity index (χ0n) is 21.5. The van der Waals surface area contributed by atoms with E-state index in [4.69, 9.17) is 14.7 Å². The number of hydrogen-bond acceptors (Lipinski definition) is 5. The minimum absolute atomic E-state index is 0.172. The average molecular weight is 517 g/mol. The molecule has 0 amide bonds. The van der Waals surface area contributed by atoms with Crippen LogP contribution in [0.3, 0.4) is 0 Å². The molecule has 0 unspecified atom stereocenters. The van der Waals surface area contributed by atoms with Crippen molar-refractivity contribution in [2.24, 2.45) is 5.92 Å². The molecule has 1 N–H and O–H groups in total. The summed E-state index contributed by atoms with van der Waals surface area (Å²) in [4.78, 5) is 21.9. The summed E-state index contributed by atoms with van der Waals surface area (Å²) in [6.45, 7) is 0.833. The summed E-state index contributed by atoms with van der Waals surface area (Å²) in [7, 11) is 0. The second-order valence-electron chi connectivity index (χ2n) is 10.1. The molecule has 6 rings (SSSR count). The Morgan fingerprint density at radius 1 is 0.974 bits per heavy atom. The molecule has 5 aromatic rings. The minimum atomic E-state index is -0.767. The molecular formula is C32H28N4O3. The first-order valence-electron chi connectivity index (χ1n) is 13.3. The van der Waals surface area contributed by atoms with Crippen LogP contribution in [0.4, 0.5) is 0 Å². The number of pyridine rings is 1. The Morgan fingerprint density at radius 3 is 2.72 bits per heavy atom. The maximum atomic E-state index is 12.2. The Hall–Kier alpha value is -4.70. The van der Waals surface area contributed by atoms with Crippen molar-refractivity contribution >= 4 is 27.9 Å². The highest BCUT2D eigenvalue weighted by Gasteiger charge is 2.35. The fourth-order valence-electron chi connectivity index (χ4n) is 5.67. The molecule has 7 heteroatoms. The molecule has 0 radical (unpaired) electrons. The predicted molar refractivity (Wildman–Crippen MR) is 148 cm³/mol. The molecule has 2 heterocycles. The molecule has 1 saturated carbocycles. The number of ether oxygens (including phenoxy) is 1. The summed E-state index contributed by atoms with van der Waals surface area (Å²) >= 11 is 0. The maximum absolute atomic E-state index is 12.2. The highest BCUT2D eigenvalue weighted by molar-refractivity contribution is 5.79. The van der Waals surface area contributed by atoms with Gasteiger partial charge in [0.05, 0.1) is 39.8 Å². The number of fused-ring (bicyclic) bond motifs is 2. The first-order valence-corrected chi connectivity index (χ1v) is 13.3. The number of nitrogens with zero attached hydrogens (tertiary/aromatic N) is 4. The zero-order chi connectivity index (χ0) is 26.8. The molecule has 194 valence electrons. The molecule has 0 spiro atoms. The van der Waals surface area contributed by atoms with Gasteiger partial charge >= 0.3 is 5.97 Å². The number of nitriles is 1. The van der Waals surface area contributed by atoms with Crippen LogP contribution in [0.25, 0.3) is 21.9 Å². The van der Waals surface area contributed by atoms with E-state index < -0.39 is 11.9 Å². The summed E-state index contributed by atoms with van der Waals surface area (Å²) in [6.07, 6.45) is 3.34. The van der Waals surface area contributed by atoms with Crippen LogP contribution < -0.4 is 4.74 Å². The molecule has 39 heavy (non-hydrogen) atoms. The van der Waals surface area contributed by atoms with Gasteiger partial charge in [-0.3, -0.25) is 4.79 Å². The first-order chi connectivity index (χ1) is 19.1. The second-order valence-corrected chi connectivity index (χ2v) is 10.1. The largest absolute Gasteiger partial charge is 0.487 e. The van der Waals surface area contributed by atoms with E-state index in [2.05, 4.69) is 10.6 Å². The highest BCUT2D eigenvalue weighted by Crippen LogP contribution is 2.39. The number of carboxylic acid groups (broad SMARTS) is 1. The van der Waals surface area contributed by atoms with Gasteiger partial charge in [0.1, 0.15) is 18.2 Å². The lowest BCUT2D eigenvalue weighted by molar-refractivity contribution is -0.143. The van der Waals surface area contributed by atoms with E-state index in [1.165, 1.54) is 0 Å². The van der Waals surface area contributed by atoms with Gasteiger partial charge in [-0.15, -0.1) is 0 Å². The van der Waals surface area contributed by atoms with Crippen molar-refractivity contribution in [2.75, 3.05) is 0 Å². The fraction of sp³-hybridized carbons (Fsp3) is 0.250. The molecule has 0 bridgehead atoms. The van der Waals surface area contributed by atoms with Gasteiger partial charge in [-0.05, 0) is 54.8 Å². The van der Waals surface area contributed by atoms with E-state index in [0.29, 0.717) is 30.9 Å². The van der Waals surface area contributed by atoms with Crippen molar-refractivity contribution < 1.29 is 14.6 Å². The molecular weight excluding hydrogens is 488 g/mol. The molecule has 1 fully saturated rings. The van der Waals surface area contributed by atoms with E-state index in [-0.39, 0.29) is 5.92 Å².